The summed E-state index contributed by atoms with van der Waals surface area (Å²) in [7, 11) is 1.65. The Morgan fingerprint density at radius 3 is 2.35 bits per heavy atom. The number of halogens is 1. The number of carbonyl (C=O) groups excluding carboxylic acids is 1. The zero-order chi connectivity index (χ0) is 15.3. The zero-order valence-corrected chi connectivity index (χ0v) is 13.4. The summed E-state index contributed by atoms with van der Waals surface area (Å²) in [5.41, 5.74) is 6.81. The maximum atomic E-state index is 11.8. The molecule has 0 aliphatic carbocycles. The average Bonchev–Trinajstić information content (AvgIpc) is 2.41. The van der Waals surface area contributed by atoms with Gasteiger partial charge >= 0.3 is 0 Å². The Balaban J connectivity index is 2.64. The fraction of sp³-hybridized carbons (Fsp3) is 0.385. The lowest BCUT2D eigenvalue weighted by atomic mass is 10.1. The van der Waals surface area contributed by atoms with Gasteiger partial charge in [0.05, 0.1) is 0 Å². The van der Waals surface area contributed by atoms with Gasteiger partial charge in [-0.2, -0.15) is 0 Å². The predicted molar refractivity (Wildman–Crippen MR) is 84.0 cm³/mol. The molecule has 0 aliphatic heterocycles. The molecule has 0 bridgehead atoms. The van der Waals surface area contributed by atoms with Crippen LogP contribution in [0.3, 0.4) is 0 Å². The fourth-order valence-electron chi connectivity index (χ4n) is 1.51. The normalized spacial score (nSPS) is 11.4. The summed E-state index contributed by atoms with van der Waals surface area (Å²) in [5.74, 6) is 0.274. The van der Waals surface area contributed by atoms with Crippen molar-refractivity contribution >= 4 is 34.8 Å². The Kier molecular flexibility index (Phi) is 6.04. The van der Waals surface area contributed by atoms with E-state index in [1.807, 2.05) is 13.8 Å². The van der Waals surface area contributed by atoms with Crippen LogP contribution in [-0.2, 0) is 4.79 Å². The summed E-state index contributed by atoms with van der Waals surface area (Å²) in [6, 6.07) is 3.59. The molecule has 1 amide bonds. The van der Waals surface area contributed by atoms with E-state index >= 15 is 0 Å². The molecule has 0 saturated carbocycles. The highest BCUT2D eigenvalue weighted by molar-refractivity contribution is 7.80. The van der Waals surface area contributed by atoms with Crippen molar-refractivity contribution in [3.63, 3.8) is 0 Å². The summed E-state index contributed by atoms with van der Waals surface area (Å²) < 4.78 is 5.58. The molecule has 0 spiro atoms. The minimum absolute atomic E-state index is 0.323. The first-order valence-electron chi connectivity index (χ1n) is 6.06. The quantitative estimate of drug-likeness (QED) is 0.587. The second-order valence-corrected chi connectivity index (χ2v) is 5.11. The zero-order valence-electron chi connectivity index (χ0n) is 11.8. The Morgan fingerprint density at radius 2 is 1.85 bits per heavy atom. The van der Waals surface area contributed by atoms with Crippen molar-refractivity contribution in [2.45, 2.75) is 26.9 Å². The van der Waals surface area contributed by atoms with Crippen molar-refractivity contribution in [3.8, 4) is 5.75 Å². The average molecular weight is 316 g/mol. The van der Waals surface area contributed by atoms with Crippen LogP contribution in [0.4, 0.5) is 0 Å². The highest BCUT2D eigenvalue weighted by atomic mass is 35.5. The van der Waals surface area contributed by atoms with Gasteiger partial charge in [0.1, 0.15) is 5.75 Å². The first-order valence-corrected chi connectivity index (χ1v) is 6.84. The van der Waals surface area contributed by atoms with Crippen LogP contribution in [0.2, 0.25) is 5.02 Å². The Bertz CT molecular complexity index is 499. The number of hydrazine groups is 1. The van der Waals surface area contributed by atoms with Crippen LogP contribution >= 0.6 is 23.8 Å². The minimum Gasteiger partial charge on any atom is -0.481 e. The van der Waals surface area contributed by atoms with E-state index in [-0.39, 0.29) is 5.91 Å². The van der Waals surface area contributed by atoms with Crippen molar-refractivity contribution in [1.29, 1.82) is 0 Å². The van der Waals surface area contributed by atoms with Gasteiger partial charge in [-0.1, -0.05) is 11.6 Å². The highest BCUT2D eigenvalue weighted by Crippen LogP contribution is 2.26. The first kappa shape index (κ1) is 16.5. The Labute approximate surface area is 129 Å². The smallest absolute Gasteiger partial charge is 0.279 e. The van der Waals surface area contributed by atoms with Crippen LogP contribution in [0.5, 0.6) is 5.75 Å². The molecule has 0 fully saturated rings. The standard InChI is InChI=1S/C13H18ClN3O2S/c1-7-5-10(6-8(2)11(7)14)19-9(3)12(18)16-17-13(20)15-4/h5-6,9H,1-4H3,(H,16,18)(H2,15,17,20)/t9-/m0/s1. The second-order valence-electron chi connectivity index (χ2n) is 4.32. The molecule has 0 unspecified atom stereocenters. The lowest BCUT2D eigenvalue weighted by Crippen LogP contribution is -2.49. The van der Waals surface area contributed by atoms with Crippen molar-refractivity contribution in [1.82, 2.24) is 16.2 Å². The maximum Gasteiger partial charge on any atom is 0.279 e. The van der Waals surface area contributed by atoms with E-state index in [0.29, 0.717) is 15.9 Å². The summed E-state index contributed by atoms with van der Waals surface area (Å²) >= 11 is 10.9. The molecule has 1 aromatic carbocycles. The van der Waals surface area contributed by atoms with Gasteiger partial charge in [-0.15, -0.1) is 0 Å². The number of hydrogen-bond donors (Lipinski definition) is 3. The van der Waals surface area contributed by atoms with Gasteiger partial charge in [0.2, 0.25) is 0 Å². The molecule has 1 rings (SSSR count). The van der Waals surface area contributed by atoms with E-state index in [2.05, 4.69) is 16.2 Å². The van der Waals surface area contributed by atoms with E-state index in [9.17, 15) is 4.79 Å². The predicted octanol–water partition coefficient (Wildman–Crippen LogP) is 1.85. The van der Waals surface area contributed by atoms with E-state index in [4.69, 9.17) is 28.6 Å². The SMILES string of the molecule is CNC(=S)NNC(=O)[C@H](C)Oc1cc(C)c(Cl)c(C)c1. The van der Waals surface area contributed by atoms with Crippen molar-refractivity contribution in [2.75, 3.05) is 7.05 Å². The number of thiocarbonyl (C=S) groups is 1. The fourth-order valence-corrected chi connectivity index (χ4v) is 1.67. The molecule has 7 heteroatoms. The molecular formula is C13H18ClN3O2S. The third-order valence-electron chi connectivity index (χ3n) is 2.62. The van der Waals surface area contributed by atoms with Gasteiger partial charge in [-0.05, 0) is 56.2 Å². The van der Waals surface area contributed by atoms with Gasteiger partial charge in [-0.3, -0.25) is 15.6 Å². The van der Waals surface area contributed by atoms with Crippen LogP contribution in [-0.4, -0.2) is 24.2 Å². The molecule has 5 nitrogen and oxygen atoms in total. The number of ether oxygens (including phenoxy) is 1. The monoisotopic (exact) mass is 315 g/mol. The van der Waals surface area contributed by atoms with Crippen molar-refractivity contribution in [3.05, 3.63) is 28.3 Å². The van der Waals surface area contributed by atoms with E-state index < -0.39 is 6.10 Å². The largest absolute Gasteiger partial charge is 0.481 e. The van der Waals surface area contributed by atoms with Gasteiger partial charge in [-0.25, -0.2) is 0 Å². The van der Waals surface area contributed by atoms with Gasteiger partial charge in [0.25, 0.3) is 5.91 Å². The number of hydrogen-bond acceptors (Lipinski definition) is 3. The van der Waals surface area contributed by atoms with Crippen LogP contribution in [0.15, 0.2) is 12.1 Å². The van der Waals surface area contributed by atoms with E-state index in [1.165, 1.54) is 0 Å². The maximum absolute atomic E-state index is 11.8. The van der Waals surface area contributed by atoms with Gasteiger partial charge in [0.15, 0.2) is 11.2 Å². The van der Waals surface area contributed by atoms with E-state index in [0.717, 1.165) is 11.1 Å². The van der Waals surface area contributed by atoms with Gasteiger partial charge < -0.3 is 10.1 Å². The molecule has 3 N–H and O–H groups in total. The molecule has 0 aliphatic rings. The van der Waals surface area contributed by atoms with Crippen LogP contribution < -0.4 is 20.9 Å². The second kappa shape index (κ2) is 7.31. The number of nitrogens with one attached hydrogen (secondary N) is 3. The molecule has 0 heterocycles. The number of aryl methyl sites for hydroxylation is 2. The van der Waals surface area contributed by atoms with Gasteiger partial charge in [0, 0.05) is 12.1 Å². The first-order chi connectivity index (χ1) is 9.35. The summed E-state index contributed by atoms with van der Waals surface area (Å²) in [5, 5.41) is 3.71. The number of amides is 1. The molecule has 0 radical (unpaired) electrons. The summed E-state index contributed by atoms with van der Waals surface area (Å²) in [6.45, 7) is 5.43. The van der Waals surface area contributed by atoms with Crippen molar-refractivity contribution < 1.29 is 9.53 Å². The molecule has 0 aromatic heterocycles. The van der Waals surface area contributed by atoms with E-state index in [1.54, 1.807) is 26.1 Å². The Morgan fingerprint density at radius 1 is 1.30 bits per heavy atom. The lowest BCUT2D eigenvalue weighted by Gasteiger charge is -2.17. The topological polar surface area (TPSA) is 62.4 Å². The number of rotatable bonds is 3. The molecule has 1 atom stereocenters. The molecule has 1 aromatic rings. The van der Waals surface area contributed by atoms with Crippen molar-refractivity contribution in [2.24, 2.45) is 0 Å². The van der Waals surface area contributed by atoms with Crippen LogP contribution in [0.25, 0.3) is 0 Å². The number of benzene rings is 1. The lowest BCUT2D eigenvalue weighted by molar-refractivity contribution is -0.127. The Hall–Kier alpha value is -1.53. The molecule has 110 valence electrons. The molecule has 20 heavy (non-hydrogen) atoms. The summed E-state index contributed by atoms with van der Waals surface area (Å²) in [4.78, 5) is 11.8. The molecular weight excluding hydrogens is 298 g/mol. The third-order valence-corrected chi connectivity index (χ3v) is 3.52. The number of carbonyl (C=O) groups is 1. The van der Waals surface area contributed by atoms with Crippen LogP contribution in [0.1, 0.15) is 18.1 Å². The minimum atomic E-state index is -0.665. The van der Waals surface area contributed by atoms with Crippen LogP contribution in [0, 0.1) is 13.8 Å². The third kappa shape index (κ3) is 4.54. The molecule has 0 saturated heterocycles. The highest BCUT2D eigenvalue weighted by Gasteiger charge is 2.15. The summed E-state index contributed by atoms with van der Waals surface area (Å²) in [6.07, 6.45) is -0.665.